The second-order valence-electron chi connectivity index (χ2n) is 6.20. The number of nitrogens with zero attached hydrogens (tertiary/aromatic N) is 2. The first kappa shape index (κ1) is 21.6. The van der Waals surface area contributed by atoms with Crippen molar-refractivity contribution in [3.63, 3.8) is 0 Å². The highest BCUT2D eigenvalue weighted by molar-refractivity contribution is 7.13. The molecule has 0 aliphatic carbocycles. The van der Waals surface area contributed by atoms with Gasteiger partial charge in [0.2, 0.25) is 5.91 Å². The minimum absolute atomic E-state index is 0.118. The van der Waals surface area contributed by atoms with Crippen LogP contribution in [0.15, 0.2) is 52.9 Å². The van der Waals surface area contributed by atoms with Crippen molar-refractivity contribution < 1.29 is 14.3 Å². The molecular formula is C21H21ClN4O3S. The molecule has 3 rings (SSSR count). The van der Waals surface area contributed by atoms with Crippen LogP contribution in [-0.4, -0.2) is 23.7 Å². The molecule has 0 saturated heterocycles. The lowest BCUT2D eigenvalue weighted by atomic mass is 10.2. The average molecular weight is 445 g/mol. The number of thiazole rings is 1. The zero-order chi connectivity index (χ0) is 21.3. The molecule has 0 saturated carbocycles. The van der Waals surface area contributed by atoms with E-state index in [-0.39, 0.29) is 12.3 Å². The van der Waals surface area contributed by atoms with Crippen LogP contribution in [0.4, 0.5) is 5.13 Å². The third-order valence-electron chi connectivity index (χ3n) is 3.89. The Kier molecular flexibility index (Phi) is 7.64. The Hall–Kier alpha value is -3.10. The first-order chi connectivity index (χ1) is 14.5. The number of hydrogen-bond donors (Lipinski definition) is 2. The van der Waals surface area contributed by atoms with Gasteiger partial charge in [-0.15, -0.1) is 11.3 Å². The summed E-state index contributed by atoms with van der Waals surface area (Å²) in [6, 6.07) is 12.9. The smallest absolute Gasteiger partial charge is 0.246 e. The highest BCUT2D eigenvalue weighted by atomic mass is 35.5. The highest BCUT2D eigenvalue weighted by Gasteiger charge is 2.08. The van der Waals surface area contributed by atoms with Crippen LogP contribution in [0.25, 0.3) is 0 Å². The number of nitrogens with one attached hydrogen (secondary N) is 1. The van der Waals surface area contributed by atoms with Crippen molar-refractivity contribution in [2.75, 3.05) is 12.3 Å². The summed E-state index contributed by atoms with van der Waals surface area (Å²) in [6.45, 7) is 2.78. The summed E-state index contributed by atoms with van der Waals surface area (Å²) in [5.74, 6) is 0.943. The van der Waals surface area contributed by atoms with E-state index in [0.717, 1.165) is 11.1 Å². The molecule has 30 heavy (non-hydrogen) atoms. The minimum atomic E-state index is -0.274. The number of ether oxygens (including phenoxy) is 2. The van der Waals surface area contributed by atoms with Crippen LogP contribution in [0.1, 0.15) is 23.7 Å². The van der Waals surface area contributed by atoms with Crippen molar-refractivity contribution in [1.29, 1.82) is 0 Å². The van der Waals surface area contributed by atoms with Gasteiger partial charge in [0, 0.05) is 10.4 Å². The zero-order valence-corrected chi connectivity index (χ0v) is 17.9. The number of hydrazone groups is 1. The third-order valence-corrected chi connectivity index (χ3v) is 4.86. The van der Waals surface area contributed by atoms with Crippen LogP contribution >= 0.6 is 22.9 Å². The van der Waals surface area contributed by atoms with Crippen molar-refractivity contribution in [2.24, 2.45) is 5.10 Å². The lowest BCUT2D eigenvalue weighted by molar-refractivity contribution is -0.120. The van der Waals surface area contributed by atoms with Gasteiger partial charge in [0.05, 0.1) is 24.9 Å². The number of rotatable bonds is 9. The molecule has 0 aliphatic heterocycles. The number of carbonyl (C=O) groups is 1. The molecule has 0 radical (unpaired) electrons. The van der Waals surface area contributed by atoms with Gasteiger partial charge < -0.3 is 15.2 Å². The molecule has 156 valence electrons. The van der Waals surface area contributed by atoms with E-state index in [4.69, 9.17) is 26.8 Å². The maximum atomic E-state index is 11.9. The van der Waals surface area contributed by atoms with E-state index in [0.29, 0.717) is 40.6 Å². The fourth-order valence-electron chi connectivity index (χ4n) is 2.52. The van der Waals surface area contributed by atoms with Crippen molar-refractivity contribution in [3.05, 3.63) is 69.7 Å². The van der Waals surface area contributed by atoms with E-state index in [1.165, 1.54) is 11.3 Å². The van der Waals surface area contributed by atoms with Gasteiger partial charge in [-0.1, -0.05) is 23.7 Å². The molecule has 7 nitrogen and oxygen atoms in total. The van der Waals surface area contributed by atoms with Crippen molar-refractivity contribution in [1.82, 2.24) is 10.4 Å². The van der Waals surface area contributed by atoms with E-state index >= 15 is 0 Å². The Labute approximate surface area is 183 Å². The van der Waals surface area contributed by atoms with Gasteiger partial charge in [-0.25, -0.2) is 10.4 Å². The Morgan fingerprint density at radius 1 is 1.23 bits per heavy atom. The third kappa shape index (κ3) is 6.47. The number of carbonyl (C=O) groups excluding carboxylic acids is 1. The van der Waals surface area contributed by atoms with Gasteiger partial charge >= 0.3 is 0 Å². The number of halogens is 1. The van der Waals surface area contributed by atoms with Gasteiger partial charge in [0.1, 0.15) is 6.61 Å². The highest BCUT2D eigenvalue weighted by Crippen LogP contribution is 2.29. The minimum Gasteiger partial charge on any atom is -0.490 e. The topological polar surface area (TPSA) is 98.8 Å². The lowest BCUT2D eigenvalue weighted by Crippen LogP contribution is -2.19. The Balaban J connectivity index is 1.59. The summed E-state index contributed by atoms with van der Waals surface area (Å²) in [5, 5.41) is 6.85. The van der Waals surface area contributed by atoms with Gasteiger partial charge in [0.25, 0.3) is 0 Å². The predicted octanol–water partition coefficient (Wildman–Crippen LogP) is 4.05. The summed E-state index contributed by atoms with van der Waals surface area (Å²) < 4.78 is 11.6. The first-order valence-corrected chi connectivity index (χ1v) is 10.4. The Bertz CT molecular complexity index is 1020. The molecule has 0 bridgehead atoms. The average Bonchev–Trinajstić information content (AvgIpc) is 3.13. The summed E-state index contributed by atoms with van der Waals surface area (Å²) in [6.07, 6.45) is 1.66. The molecule has 2 aromatic carbocycles. The second kappa shape index (κ2) is 10.6. The number of aromatic nitrogens is 1. The second-order valence-corrected chi connectivity index (χ2v) is 7.53. The van der Waals surface area contributed by atoms with Crippen LogP contribution < -0.4 is 20.6 Å². The monoisotopic (exact) mass is 444 g/mol. The molecule has 0 aliphatic rings. The Morgan fingerprint density at radius 2 is 2.03 bits per heavy atom. The summed E-state index contributed by atoms with van der Waals surface area (Å²) in [7, 11) is 0. The van der Waals surface area contributed by atoms with Gasteiger partial charge in [0.15, 0.2) is 16.6 Å². The standard InChI is InChI=1S/C21H21ClN4O3S/c1-2-28-19-9-15(11-24-26-20(27)10-17-13-30-21(23)25-17)5-8-18(19)29-12-14-3-6-16(22)7-4-14/h3-9,11,13H,2,10,12H2,1H3,(H2,23,25)(H,26,27)/b24-11+. The quantitative estimate of drug-likeness (QED) is 0.383. The van der Waals surface area contributed by atoms with E-state index in [9.17, 15) is 4.79 Å². The molecule has 3 N–H and O–H groups in total. The lowest BCUT2D eigenvalue weighted by Gasteiger charge is -2.12. The van der Waals surface area contributed by atoms with Crippen LogP contribution in [0.3, 0.4) is 0 Å². The predicted molar refractivity (Wildman–Crippen MR) is 119 cm³/mol. The van der Waals surface area contributed by atoms with Crippen molar-refractivity contribution in [3.8, 4) is 11.5 Å². The molecule has 0 unspecified atom stereocenters. The molecule has 9 heteroatoms. The van der Waals surface area contributed by atoms with E-state index < -0.39 is 0 Å². The van der Waals surface area contributed by atoms with E-state index in [2.05, 4.69) is 15.5 Å². The number of nitrogens with two attached hydrogens (primary N) is 1. The molecule has 1 heterocycles. The summed E-state index contributed by atoms with van der Waals surface area (Å²) in [4.78, 5) is 16.0. The van der Waals surface area contributed by atoms with Crippen molar-refractivity contribution in [2.45, 2.75) is 20.0 Å². The normalized spacial score (nSPS) is 10.9. The van der Waals surface area contributed by atoms with Crippen LogP contribution in [0.5, 0.6) is 11.5 Å². The fraction of sp³-hybridized carbons (Fsp3) is 0.190. The first-order valence-electron chi connectivity index (χ1n) is 9.19. The fourth-order valence-corrected chi connectivity index (χ4v) is 3.21. The number of benzene rings is 2. The summed E-state index contributed by atoms with van der Waals surface area (Å²) in [5.41, 5.74) is 10.4. The van der Waals surface area contributed by atoms with Gasteiger partial charge in [-0.3, -0.25) is 4.79 Å². The largest absolute Gasteiger partial charge is 0.490 e. The molecule has 0 fully saturated rings. The van der Waals surface area contributed by atoms with Crippen LogP contribution in [-0.2, 0) is 17.8 Å². The molecule has 3 aromatic rings. The zero-order valence-electron chi connectivity index (χ0n) is 16.3. The van der Waals surface area contributed by atoms with Crippen molar-refractivity contribution >= 4 is 40.2 Å². The molecule has 1 aromatic heterocycles. The Morgan fingerprint density at radius 3 is 2.73 bits per heavy atom. The summed E-state index contributed by atoms with van der Waals surface area (Å²) >= 11 is 7.20. The molecule has 1 amide bonds. The number of amides is 1. The maximum Gasteiger partial charge on any atom is 0.246 e. The van der Waals surface area contributed by atoms with E-state index in [1.54, 1.807) is 17.7 Å². The van der Waals surface area contributed by atoms with Gasteiger partial charge in [-0.2, -0.15) is 5.10 Å². The van der Waals surface area contributed by atoms with E-state index in [1.807, 2.05) is 43.3 Å². The SMILES string of the molecule is CCOc1cc(/C=N/NC(=O)Cc2csc(N)n2)ccc1OCc1ccc(Cl)cc1. The molecule has 0 atom stereocenters. The van der Waals surface area contributed by atoms with Gasteiger partial charge in [-0.05, 0) is 48.4 Å². The van der Waals surface area contributed by atoms with Crippen LogP contribution in [0, 0.1) is 0 Å². The van der Waals surface area contributed by atoms with Crippen LogP contribution in [0.2, 0.25) is 5.02 Å². The maximum absolute atomic E-state index is 11.9. The number of anilines is 1. The molecule has 0 spiro atoms. The molecular weight excluding hydrogens is 424 g/mol. The number of nitrogen functional groups attached to an aromatic ring is 1. The number of hydrogen-bond acceptors (Lipinski definition) is 7.